The van der Waals surface area contributed by atoms with Gasteiger partial charge < -0.3 is 9.47 Å². The third-order valence-corrected chi connectivity index (χ3v) is 1.04. The predicted octanol–water partition coefficient (Wildman–Crippen LogP) is 1.18. The molecule has 1 aliphatic heterocycles. The highest BCUT2D eigenvalue weighted by Gasteiger charge is 2.21. The van der Waals surface area contributed by atoms with E-state index in [-0.39, 0.29) is 0 Å². The molecule has 1 saturated heterocycles. The Labute approximate surface area is 49.8 Å². The molecule has 1 heterocycles. The molecule has 1 aliphatic rings. The van der Waals surface area contributed by atoms with Crippen molar-refractivity contribution < 1.29 is 9.47 Å². The Bertz CT molecular complexity index is 64.9. The lowest BCUT2D eigenvalue weighted by atomic mass is 10.2. The molecule has 2 nitrogen and oxygen atoms in total. The molecule has 0 aromatic carbocycles. The van der Waals surface area contributed by atoms with Gasteiger partial charge in [-0.1, -0.05) is 13.8 Å². The summed E-state index contributed by atoms with van der Waals surface area (Å²) in [6.07, 6.45) is 0.796. The number of rotatable bonds is 1. The van der Waals surface area contributed by atoms with Gasteiger partial charge in [-0.2, -0.15) is 0 Å². The highest BCUT2D eigenvalue weighted by molar-refractivity contribution is 4.73. The molecule has 0 unspecified atom stereocenters. The number of ether oxygens (including phenoxy) is 2. The number of hydrogen-bond donors (Lipinski definition) is 0. The molecule has 1 radical (unpaired) electrons. The van der Waals surface area contributed by atoms with E-state index in [1.54, 1.807) is 0 Å². The zero-order valence-corrected chi connectivity index (χ0v) is 5.31. The maximum Gasteiger partial charge on any atom is 0.226 e. The molecule has 1 fully saturated rings. The first kappa shape index (κ1) is 6.05. The first-order valence-electron chi connectivity index (χ1n) is 2.93. The summed E-state index contributed by atoms with van der Waals surface area (Å²) in [5.74, 6) is 0.414. The fourth-order valence-corrected chi connectivity index (χ4v) is 0.660. The van der Waals surface area contributed by atoms with Gasteiger partial charge in [0, 0.05) is 5.92 Å². The van der Waals surface area contributed by atoms with E-state index in [0.29, 0.717) is 5.92 Å². The summed E-state index contributed by atoms with van der Waals surface area (Å²) >= 11 is 0. The Morgan fingerprint density at radius 3 is 2.00 bits per heavy atom. The molecular formula is C6H11O2. The molecule has 1 rings (SSSR count). The van der Waals surface area contributed by atoms with Crippen molar-refractivity contribution in [2.75, 3.05) is 13.2 Å². The molecule has 0 N–H and O–H groups in total. The molecular weight excluding hydrogens is 104 g/mol. The second kappa shape index (κ2) is 2.46. The van der Waals surface area contributed by atoms with E-state index in [9.17, 15) is 0 Å². The Balaban J connectivity index is 2.24. The van der Waals surface area contributed by atoms with Crippen molar-refractivity contribution in [1.29, 1.82) is 0 Å². The van der Waals surface area contributed by atoms with Crippen molar-refractivity contribution in [3.8, 4) is 0 Å². The molecule has 0 bridgehead atoms. The van der Waals surface area contributed by atoms with Gasteiger partial charge in [0.05, 0.1) is 13.2 Å². The quantitative estimate of drug-likeness (QED) is 0.511. The Kier molecular flexibility index (Phi) is 1.86. The molecule has 8 heavy (non-hydrogen) atoms. The average molecular weight is 115 g/mol. The van der Waals surface area contributed by atoms with Gasteiger partial charge in [-0.05, 0) is 0 Å². The molecule has 0 spiro atoms. The highest BCUT2D eigenvalue weighted by atomic mass is 16.7. The largest absolute Gasteiger partial charge is 0.343 e. The van der Waals surface area contributed by atoms with Crippen molar-refractivity contribution in [2.24, 2.45) is 5.92 Å². The van der Waals surface area contributed by atoms with E-state index in [0.717, 1.165) is 19.5 Å². The summed E-state index contributed by atoms with van der Waals surface area (Å²) < 4.78 is 10.2. The van der Waals surface area contributed by atoms with Crippen LogP contribution in [-0.2, 0) is 9.47 Å². The molecule has 0 aromatic heterocycles. The topological polar surface area (TPSA) is 18.5 Å². The van der Waals surface area contributed by atoms with E-state index in [4.69, 9.17) is 9.47 Å². The van der Waals surface area contributed by atoms with Crippen molar-refractivity contribution >= 4 is 0 Å². The lowest BCUT2D eigenvalue weighted by Gasteiger charge is -2.08. The number of hydrogen-bond acceptors (Lipinski definition) is 2. The predicted molar refractivity (Wildman–Crippen MR) is 30.0 cm³/mol. The summed E-state index contributed by atoms with van der Waals surface area (Å²) in [5.41, 5.74) is 0. The maximum atomic E-state index is 5.11. The van der Waals surface area contributed by atoms with Gasteiger partial charge in [-0.3, -0.25) is 0 Å². The zero-order chi connectivity index (χ0) is 5.98. The van der Waals surface area contributed by atoms with Crippen LogP contribution in [0.4, 0.5) is 0 Å². The minimum Gasteiger partial charge on any atom is -0.343 e. The van der Waals surface area contributed by atoms with Crippen molar-refractivity contribution in [3.63, 3.8) is 0 Å². The van der Waals surface area contributed by atoms with Crippen molar-refractivity contribution in [2.45, 2.75) is 13.8 Å². The molecule has 0 aromatic rings. The lowest BCUT2D eigenvalue weighted by molar-refractivity contribution is 0.0393. The maximum absolute atomic E-state index is 5.11. The first-order valence-corrected chi connectivity index (χ1v) is 2.93. The van der Waals surface area contributed by atoms with E-state index in [1.165, 1.54) is 0 Å². The molecule has 2 heteroatoms. The Hall–Kier alpha value is -0.0800. The second-order valence-corrected chi connectivity index (χ2v) is 2.17. The van der Waals surface area contributed by atoms with Crippen LogP contribution in [0.15, 0.2) is 0 Å². The summed E-state index contributed by atoms with van der Waals surface area (Å²) in [5, 5.41) is 0. The van der Waals surface area contributed by atoms with E-state index < -0.39 is 0 Å². The summed E-state index contributed by atoms with van der Waals surface area (Å²) in [7, 11) is 0. The van der Waals surface area contributed by atoms with Gasteiger partial charge in [-0.15, -0.1) is 0 Å². The second-order valence-electron chi connectivity index (χ2n) is 2.17. The Morgan fingerprint density at radius 1 is 1.25 bits per heavy atom. The van der Waals surface area contributed by atoms with Crippen LogP contribution in [0.5, 0.6) is 0 Å². The van der Waals surface area contributed by atoms with Gasteiger partial charge in [0.25, 0.3) is 0 Å². The van der Waals surface area contributed by atoms with Crippen LogP contribution in [0, 0.1) is 12.2 Å². The van der Waals surface area contributed by atoms with Crippen LogP contribution in [0.1, 0.15) is 13.8 Å². The van der Waals surface area contributed by atoms with Crippen LogP contribution < -0.4 is 0 Å². The van der Waals surface area contributed by atoms with Crippen LogP contribution in [-0.4, -0.2) is 13.2 Å². The van der Waals surface area contributed by atoms with Crippen LogP contribution in [0.25, 0.3) is 0 Å². The van der Waals surface area contributed by atoms with E-state index in [1.807, 2.05) is 0 Å². The van der Waals surface area contributed by atoms with Crippen LogP contribution in [0.2, 0.25) is 0 Å². The van der Waals surface area contributed by atoms with Crippen molar-refractivity contribution in [3.05, 3.63) is 6.29 Å². The third-order valence-electron chi connectivity index (χ3n) is 1.04. The van der Waals surface area contributed by atoms with Crippen molar-refractivity contribution in [1.82, 2.24) is 0 Å². The molecule has 47 valence electrons. The minimum atomic E-state index is 0.414. The molecule has 0 saturated carbocycles. The van der Waals surface area contributed by atoms with E-state index in [2.05, 4.69) is 13.8 Å². The first-order chi connectivity index (χ1) is 3.80. The summed E-state index contributed by atoms with van der Waals surface area (Å²) in [6, 6.07) is 0. The average Bonchev–Trinajstić information content (AvgIpc) is 2.12. The summed E-state index contributed by atoms with van der Waals surface area (Å²) in [4.78, 5) is 0. The summed E-state index contributed by atoms with van der Waals surface area (Å²) in [6.45, 7) is 5.57. The standard InChI is InChI=1S/C6H11O2/c1-5(2)6-7-3-4-8-6/h5H,3-4H2,1-2H3. The van der Waals surface area contributed by atoms with Gasteiger partial charge in [-0.25, -0.2) is 0 Å². The van der Waals surface area contributed by atoms with Gasteiger partial charge in [0.15, 0.2) is 0 Å². The minimum absolute atomic E-state index is 0.414. The van der Waals surface area contributed by atoms with E-state index >= 15 is 0 Å². The third kappa shape index (κ3) is 1.20. The highest BCUT2D eigenvalue weighted by Crippen LogP contribution is 2.20. The molecule has 0 atom stereocenters. The molecule has 0 amide bonds. The van der Waals surface area contributed by atoms with Gasteiger partial charge in [0.1, 0.15) is 0 Å². The lowest BCUT2D eigenvalue weighted by Crippen LogP contribution is -2.04. The van der Waals surface area contributed by atoms with Gasteiger partial charge >= 0.3 is 0 Å². The normalized spacial score (nSPS) is 22.9. The smallest absolute Gasteiger partial charge is 0.226 e. The SMILES string of the molecule is CC(C)[C]1OCCO1. The van der Waals surface area contributed by atoms with Gasteiger partial charge in [0.2, 0.25) is 6.29 Å². The molecule has 0 aliphatic carbocycles. The Morgan fingerprint density at radius 2 is 1.75 bits per heavy atom. The van der Waals surface area contributed by atoms with Crippen LogP contribution >= 0.6 is 0 Å². The fourth-order valence-electron chi connectivity index (χ4n) is 0.660. The monoisotopic (exact) mass is 115 g/mol. The van der Waals surface area contributed by atoms with Crippen LogP contribution in [0.3, 0.4) is 0 Å². The zero-order valence-electron chi connectivity index (χ0n) is 5.31. The fraction of sp³-hybridized carbons (Fsp3) is 0.833.